The summed E-state index contributed by atoms with van der Waals surface area (Å²) in [4.78, 5) is 26.4. The first kappa shape index (κ1) is 21.5. The van der Waals surface area contributed by atoms with E-state index in [0.29, 0.717) is 6.54 Å². The Hall–Kier alpha value is -2.82. The molecule has 0 aliphatic rings. The molecule has 0 aliphatic carbocycles. The van der Waals surface area contributed by atoms with Crippen LogP contribution in [-0.2, 0) is 28.9 Å². The Balaban J connectivity index is 2.02. The number of nitrogens with one attached hydrogen (secondary N) is 1. The number of methoxy groups -OCH3 is 1. The van der Waals surface area contributed by atoms with E-state index in [0.717, 1.165) is 47.4 Å². The minimum absolute atomic E-state index is 0.0297. The molecular weight excluding hydrogens is 352 g/mol. The van der Waals surface area contributed by atoms with E-state index in [9.17, 15) is 9.59 Å². The smallest absolute Gasteiger partial charge is 0.240 e. The number of amides is 2. The lowest BCUT2D eigenvalue weighted by molar-refractivity contribution is -0.123. The number of para-hydroxylation sites is 1. The van der Waals surface area contributed by atoms with Gasteiger partial charge in [0.25, 0.3) is 0 Å². The van der Waals surface area contributed by atoms with Crippen LogP contribution in [0.5, 0.6) is 5.75 Å². The highest BCUT2D eigenvalue weighted by atomic mass is 16.5. The minimum Gasteiger partial charge on any atom is -0.497 e. The maximum Gasteiger partial charge on any atom is 0.240 e. The van der Waals surface area contributed by atoms with Gasteiger partial charge in [-0.2, -0.15) is 0 Å². The van der Waals surface area contributed by atoms with Crippen LogP contribution in [0.25, 0.3) is 0 Å². The Morgan fingerprint density at radius 1 is 1.00 bits per heavy atom. The second-order valence-corrected chi connectivity index (χ2v) is 6.69. The summed E-state index contributed by atoms with van der Waals surface area (Å²) >= 11 is 0. The van der Waals surface area contributed by atoms with Gasteiger partial charge < -0.3 is 15.0 Å². The van der Waals surface area contributed by atoms with Gasteiger partial charge in [0, 0.05) is 13.5 Å². The van der Waals surface area contributed by atoms with Crippen LogP contribution in [0.3, 0.4) is 0 Å². The van der Waals surface area contributed by atoms with Crippen molar-refractivity contribution >= 4 is 17.5 Å². The van der Waals surface area contributed by atoms with Crippen molar-refractivity contribution in [3.8, 4) is 5.75 Å². The van der Waals surface area contributed by atoms with E-state index >= 15 is 0 Å². The molecule has 0 aromatic heterocycles. The number of aryl methyl sites for hydroxylation is 2. The van der Waals surface area contributed by atoms with E-state index in [2.05, 4.69) is 19.2 Å². The lowest BCUT2D eigenvalue weighted by Crippen LogP contribution is -2.41. The predicted molar refractivity (Wildman–Crippen MR) is 113 cm³/mol. The second kappa shape index (κ2) is 10.5. The molecule has 5 heteroatoms. The van der Waals surface area contributed by atoms with Crippen LogP contribution in [0.1, 0.15) is 37.5 Å². The minimum atomic E-state index is -0.156. The van der Waals surface area contributed by atoms with Gasteiger partial charge in [-0.05, 0) is 48.1 Å². The Bertz CT molecular complexity index is 778. The van der Waals surface area contributed by atoms with Crippen LogP contribution in [0.2, 0.25) is 0 Å². The summed E-state index contributed by atoms with van der Waals surface area (Å²) < 4.78 is 5.15. The van der Waals surface area contributed by atoms with Gasteiger partial charge in [-0.3, -0.25) is 9.59 Å². The van der Waals surface area contributed by atoms with E-state index in [1.807, 2.05) is 42.5 Å². The zero-order valence-electron chi connectivity index (χ0n) is 17.2. The van der Waals surface area contributed by atoms with Gasteiger partial charge in [-0.25, -0.2) is 0 Å². The summed E-state index contributed by atoms with van der Waals surface area (Å²) in [5.74, 6) is 0.531. The third-order valence-corrected chi connectivity index (χ3v) is 4.81. The Morgan fingerprint density at radius 3 is 2.11 bits per heavy atom. The van der Waals surface area contributed by atoms with Gasteiger partial charge in [0.05, 0.1) is 12.8 Å². The molecule has 0 atom stereocenters. The zero-order chi connectivity index (χ0) is 20.5. The molecule has 0 bridgehead atoms. The van der Waals surface area contributed by atoms with Gasteiger partial charge in [0.15, 0.2) is 0 Å². The number of ether oxygens (including phenoxy) is 1. The molecule has 0 radical (unpaired) electrons. The van der Waals surface area contributed by atoms with Crippen LogP contribution >= 0.6 is 0 Å². The highest BCUT2D eigenvalue weighted by molar-refractivity contribution is 5.98. The molecule has 0 heterocycles. The van der Waals surface area contributed by atoms with Crippen molar-refractivity contribution in [2.45, 2.75) is 40.0 Å². The fourth-order valence-corrected chi connectivity index (χ4v) is 3.25. The molecule has 28 heavy (non-hydrogen) atoms. The Labute approximate surface area is 167 Å². The molecule has 0 fully saturated rings. The zero-order valence-corrected chi connectivity index (χ0v) is 17.2. The first-order valence-electron chi connectivity index (χ1n) is 9.78. The van der Waals surface area contributed by atoms with Crippen LogP contribution in [0.4, 0.5) is 5.69 Å². The first-order valence-corrected chi connectivity index (χ1v) is 9.78. The fraction of sp³-hybridized carbons (Fsp3) is 0.391. The highest BCUT2D eigenvalue weighted by Gasteiger charge is 2.20. The summed E-state index contributed by atoms with van der Waals surface area (Å²) in [6.45, 7) is 6.18. The number of rotatable bonds is 9. The van der Waals surface area contributed by atoms with Crippen molar-refractivity contribution in [3.63, 3.8) is 0 Å². The maximum atomic E-state index is 12.5. The molecule has 0 unspecified atom stereocenters. The average molecular weight is 383 g/mol. The average Bonchev–Trinajstić information content (AvgIpc) is 2.71. The molecule has 2 aromatic carbocycles. The molecule has 2 aromatic rings. The number of hydrogen-bond acceptors (Lipinski definition) is 3. The quantitative estimate of drug-likeness (QED) is 0.722. The van der Waals surface area contributed by atoms with Crippen LogP contribution in [-0.4, -0.2) is 32.0 Å². The van der Waals surface area contributed by atoms with Crippen LogP contribution in [0.15, 0.2) is 42.5 Å². The van der Waals surface area contributed by atoms with Crippen molar-refractivity contribution in [2.24, 2.45) is 0 Å². The van der Waals surface area contributed by atoms with Crippen molar-refractivity contribution in [2.75, 3.05) is 25.1 Å². The summed E-state index contributed by atoms with van der Waals surface area (Å²) in [7, 11) is 1.64. The number of anilines is 1. The van der Waals surface area contributed by atoms with Gasteiger partial charge in [0.2, 0.25) is 11.8 Å². The van der Waals surface area contributed by atoms with Crippen molar-refractivity contribution in [1.82, 2.24) is 5.32 Å². The van der Waals surface area contributed by atoms with Crippen LogP contribution < -0.4 is 15.0 Å². The fourth-order valence-electron chi connectivity index (χ4n) is 3.25. The molecular formula is C23H30N2O3. The van der Waals surface area contributed by atoms with E-state index in [4.69, 9.17) is 4.74 Å². The third kappa shape index (κ3) is 5.59. The molecule has 1 N–H and O–H groups in total. The molecule has 5 nitrogen and oxygen atoms in total. The van der Waals surface area contributed by atoms with E-state index in [1.54, 1.807) is 12.0 Å². The molecule has 0 saturated carbocycles. The second-order valence-electron chi connectivity index (χ2n) is 6.69. The SMILES string of the molecule is CCc1cccc(CC)c1N(CC(=O)NCCc1ccc(OC)cc1)C(C)=O. The highest BCUT2D eigenvalue weighted by Crippen LogP contribution is 2.27. The summed E-state index contributed by atoms with van der Waals surface area (Å²) in [6, 6.07) is 13.8. The lowest BCUT2D eigenvalue weighted by Gasteiger charge is -2.26. The van der Waals surface area contributed by atoms with Crippen molar-refractivity contribution < 1.29 is 14.3 Å². The summed E-state index contributed by atoms with van der Waals surface area (Å²) in [6.07, 6.45) is 2.35. The summed E-state index contributed by atoms with van der Waals surface area (Å²) in [5, 5.41) is 2.93. The van der Waals surface area contributed by atoms with E-state index < -0.39 is 0 Å². The predicted octanol–water partition coefficient (Wildman–Crippen LogP) is 3.53. The number of carbonyl (C=O) groups is 2. The summed E-state index contributed by atoms with van der Waals surface area (Å²) in [5.41, 5.74) is 4.17. The van der Waals surface area contributed by atoms with Gasteiger partial charge in [-0.1, -0.05) is 44.2 Å². The molecule has 2 rings (SSSR count). The molecule has 0 aliphatic heterocycles. The van der Waals surface area contributed by atoms with E-state index in [1.165, 1.54) is 6.92 Å². The Kier molecular flexibility index (Phi) is 8.05. The van der Waals surface area contributed by atoms with Gasteiger partial charge >= 0.3 is 0 Å². The molecule has 0 saturated heterocycles. The monoisotopic (exact) mass is 382 g/mol. The van der Waals surface area contributed by atoms with Gasteiger partial charge in [0.1, 0.15) is 12.3 Å². The molecule has 0 spiro atoms. The van der Waals surface area contributed by atoms with Crippen LogP contribution in [0, 0.1) is 0 Å². The number of benzene rings is 2. The lowest BCUT2D eigenvalue weighted by atomic mass is 10.0. The maximum absolute atomic E-state index is 12.5. The largest absolute Gasteiger partial charge is 0.497 e. The van der Waals surface area contributed by atoms with Crippen molar-refractivity contribution in [3.05, 3.63) is 59.2 Å². The topological polar surface area (TPSA) is 58.6 Å². The first-order chi connectivity index (χ1) is 13.5. The third-order valence-electron chi connectivity index (χ3n) is 4.81. The van der Waals surface area contributed by atoms with E-state index in [-0.39, 0.29) is 18.4 Å². The molecule has 2 amide bonds. The normalized spacial score (nSPS) is 10.4. The van der Waals surface area contributed by atoms with Gasteiger partial charge in [-0.15, -0.1) is 0 Å². The number of hydrogen-bond donors (Lipinski definition) is 1. The van der Waals surface area contributed by atoms with Crippen molar-refractivity contribution in [1.29, 1.82) is 0 Å². The standard InChI is InChI=1S/C23H30N2O3/c1-5-19-8-7-9-20(6-2)23(19)25(17(3)26)16-22(27)24-15-14-18-10-12-21(28-4)13-11-18/h7-13H,5-6,14-16H2,1-4H3,(H,24,27). The Morgan fingerprint density at radius 2 is 1.61 bits per heavy atom. The number of carbonyl (C=O) groups excluding carboxylic acids is 2. The number of nitrogens with zero attached hydrogens (tertiary/aromatic N) is 1. The molecule has 150 valence electrons.